The SMILES string of the molecule is N[C@@H]1CCC[C@H]1CC(=O)Nc1ccc(NC(=O)CCN2C(=O)CNC2=O)cc1. The van der Waals surface area contributed by atoms with E-state index < -0.39 is 6.03 Å². The van der Waals surface area contributed by atoms with Gasteiger partial charge in [0.1, 0.15) is 0 Å². The number of benzene rings is 1. The Labute approximate surface area is 163 Å². The number of nitrogens with two attached hydrogens (primary N) is 1. The van der Waals surface area contributed by atoms with Crippen molar-refractivity contribution in [2.24, 2.45) is 11.7 Å². The van der Waals surface area contributed by atoms with E-state index in [1.54, 1.807) is 24.3 Å². The lowest BCUT2D eigenvalue weighted by Crippen LogP contribution is -2.33. The predicted molar refractivity (Wildman–Crippen MR) is 103 cm³/mol. The summed E-state index contributed by atoms with van der Waals surface area (Å²) in [6.07, 6.45) is 3.47. The highest BCUT2D eigenvalue weighted by atomic mass is 16.2. The Morgan fingerprint density at radius 3 is 2.25 bits per heavy atom. The highest BCUT2D eigenvalue weighted by Crippen LogP contribution is 2.27. The fraction of sp³-hybridized carbons (Fsp3) is 0.474. The minimum atomic E-state index is -0.476. The van der Waals surface area contributed by atoms with E-state index in [1.807, 2.05) is 0 Å². The summed E-state index contributed by atoms with van der Waals surface area (Å²) in [6, 6.07) is 6.41. The van der Waals surface area contributed by atoms with Crippen molar-refractivity contribution in [2.75, 3.05) is 23.7 Å². The Morgan fingerprint density at radius 1 is 1.07 bits per heavy atom. The van der Waals surface area contributed by atoms with E-state index in [0.717, 1.165) is 24.2 Å². The smallest absolute Gasteiger partial charge is 0.324 e. The average molecular weight is 387 g/mol. The molecule has 150 valence electrons. The number of nitrogens with one attached hydrogen (secondary N) is 3. The van der Waals surface area contributed by atoms with Crippen molar-refractivity contribution >= 4 is 35.1 Å². The van der Waals surface area contributed by atoms with Gasteiger partial charge in [-0.2, -0.15) is 0 Å². The molecule has 2 aliphatic rings. The zero-order valence-electron chi connectivity index (χ0n) is 15.6. The van der Waals surface area contributed by atoms with E-state index >= 15 is 0 Å². The van der Waals surface area contributed by atoms with Gasteiger partial charge in [0.25, 0.3) is 0 Å². The predicted octanol–water partition coefficient (Wildman–Crippen LogP) is 1.02. The second kappa shape index (κ2) is 8.83. The van der Waals surface area contributed by atoms with Gasteiger partial charge in [0, 0.05) is 36.8 Å². The Kier molecular flexibility index (Phi) is 6.25. The van der Waals surface area contributed by atoms with Crippen molar-refractivity contribution in [2.45, 2.75) is 38.1 Å². The number of anilines is 2. The molecule has 0 unspecified atom stereocenters. The molecule has 1 aliphatic heterocycles. The van der Waals surface area contributed by atoms with Crippen molar-refractivity contribution < 1.29 is 19.2 Å². The highest BCUT2D eigenvalue weighted by molar-refractivity contribution is 6.02. The molecule has 9 nitrogen and oxygen atoms in total. The van der Waals surface area contributed by atoms with E-state index in [-0.39, 0.29) is 49.2 Å². The van der Waals surface area contributed by atoms with E-state index in [1.165, 1.54) is 0 Å². The molecule has 0 aromatic heterocycles. The fourth-order valence-electron chi connectivity index (χ4n) is 3.52. The number of hydrogen-bond donors (Lipinski definition) is 4. The van der Waals surface area contributed by atoms with Crippen LogP contribution in [0.15, 0.2) is 24.3 Å². The molecule has 1 aromatic rings. The molecule has 0 bridgehead atoms. The molecule has 1 saturated heterocycles. The number of carbonyl (C=O) groups excluding carboxylic acids is 4. The van der Waals surface area contributed by atoms with Crippen LogP contribution in [0.4, 0.5) is 16.2 Å². The molecule has 9 heteroatoms. The summed E-state index contributed by atoms with van der Waals surface area (Å²) in [5, 5.41) is 7.95. The molecule has 5 N–H and O–H groups in total. The molecule has 5 amide bonds. The average Bonchev–Trinajstić information content (AvgIpc) is 3.20. The molecular formula is C19H25N5O4. The molecule has 1 heterocycles. The van der Waals surface area contributed by atoms with Gasteiger partial charge >= 0.3 is 6.03 Å². The van der Waals surface area contributed by atoms with Crippen LogP contribution in [0.5, 0.6) is 0 Å². The van der Waals surface area contributed by atoms with Crippen LogP contribution in [0.25, 0.3) is 0 Å². The second-order valence-electron chi connectivity index (χ2n) is 7.19. The third-order valence-corrected chi connectivity index (χ3v) is 5.12. The summed E-state index contributed by atoms with van der Waals surface area (Å²) < 4.78 is 0. The molecule has 2 fully saturated rings. The van der Waals surface area contributed by atoms with Crippen molar-refractivity contribution in [3.63, 3.8) is 0 Å². The number of carbonyl (C=O) groups is 4. The Balaban J connectivity index is 1.43. The van der Waals surface area contributed by atoms with Crippen LogP contribution in [0.2, 0.25) is 0 Å². The summed E-state index contributed by atoms with van der Waals surface area (Å²) in [4.78, 5) is 48.1. The van der Waals surface area contributed by atoms with Crippen LogP contribution in [-0.2, 0) is 14.4 Å². The molecule has 1 aromatic carbocycles. The number of amides is 5. The lowest BCUT2D eigenvalue weighted by Gasteiger charge is -2.15. The van der Waals surface area contributed by atoms with E-state index in [9.17, 15) is 19.2 Å². The van der Waals surface area contributed by atoms with Gasteiger partial charge in [0.05, 0.1) is 6.54 Å². The molecule has 3 rings (SSSR count). The molecule has 0 radical (unpaired) electrons. The first kappa shape index (κ1) is 19.8. The quantitative estimate of drug-likeness (QED) is 0.518. The lowest BCUT2D eigenvalue weighted by atomic mass is 10.00. The van der Waals surface area contributed by atoms with Gasteiger partial charge in [0.2, 0.25) is 17.7 Å². The number of nitrogens with zero attached hydrogens (tertiary/aromatic N) is 1. The van der Waals surface area contributed by atoms with Gasteiger partial charge in [-0.1, -0.05) is 6.42 Å². The van der Waals surface area contributed by atoms with Gasteiger partial charge in [-0.3, -0.25) is 19.3 Å². The van der Waals surface area contributed by atoms with Crippen LogP contribution >= 0.6 is 0 Å². The van der Waals surface area contributed by atoms with Crippen molar-refractivity contribution in [3.8, 4) is 0 Å². The molecule has 2 atom stereocenters. The van der Waals surface area contributed by atoms with Gasteiger partial charge < -0.3 is 21.7 Å². The molecule has 1 saturated carbocycles. The Bertz CT molecular complexity index is 748. The number of urea groups is 1. The zero-order chi connectivity index (χ0) is 20.1. The number of rotatable bonds is 7. The lowest BCUT2D eigenvalue weighted by molar-refractivity contribution is -0.125. The first-order valence-electron chi connectivity index (χ1n) is 9.46. The number of hydrogen-bond acceptors (Lipinski definition) is 5. The fourth-order valence-corrected chi connectivity index (χ4v) is 3.52. The van der Waals surface area contributed by atoms with Crippen LogP contribution in [0, 0.1) is 5.92 Å². The van der Waals surface area contributed by atoms with Crippen LogP contribution in [0.3, 0.4) is 0 Å². The number of imide groups is 1. The molecule has 1 aliphatic carbocycles. The summed E-state index contributed by atoms with van der Waals surface area (Å²) in [5.41, 5.74) is 7.22. The van der Waals surface area contributed by atoms with Gasteiger partial charge in [-0.15, -0.1) is 0 Å². The van der Waals surface area contributed by atoms with Crippen molar-refractivity contribution in [3.05, 3.63) is 24.3 Å². The van der Waals surface area contributed by atoms with Gasteiger partial charge in [0.15, 0.2) is 0 Å². The van der Waals surface area contributed by atoms with E-state index in [0.29, 0.717) is 17.8 Å². The normalized spacial score (nSPS) is 21.5. The first-order chi connectivity index (χ1) is 13.4. The maximum Gasteiger partial charge on any atom is 0.324 e. The summed E-state index contributed by atoms with van der Waals surface area (Å²) >= 11 is 0. The standard InChI is InChI=1S/C19H25N5O4/c20-15-3-1-2-12(15)10-17(26)23-14-6-4-13(5-7-14)22-16(25)8-9-24-18(27)11-21-19(24)28/h4-7,12,15H,1-3,8-11,20H2,(H,21,28)(H,22,25)(H,23,26)/t12-,15+/m0/s1. The largest absolute Gasteiger partial charge is 0.329 e. The third kappa shape index (κ3) is 5.07. The van der Waals surface area contributed by atoms with Crippen LogP contribution in [-0.4, -0.2) is 47.8 Å². The molecular weight excluding hydrogens is 362 g/mol. The maximum atomic E-state index is 12.1. The van der Waals surface area contributed by atoms with Gasteiger partial charge in [-0.05, 0) is 43.0 Å². The minimum absolute atomic E-state index is 0.0132. The topological polar surface area (TPSA) is 134 Å². The van der Waals surface area contributed by atoms with Gasteiger partial charge in [-0.25, -0.2) is 4.79 Å². The third-order valence-electron chi connectivity index (χ3n) is 5.12. The Morgan fingerprint density at radius 2 is 1.71 bits per heavy atom. The van der Waals surface area contributed by atoms with Crippen molar-refractivity contribution in [1.82, 2.24) is 10.2 Å². The Hall–Kier alpha value is -2.94. The second-order valence-corrected chi connectivity index (χ2v) is 7.19. The van der Waals surface area contributed by atoms with Crippen LogP contribution < -0.4 is 21.7 Å². The highest BCUT2D eigenvalue weighted by Gasteiger charge is 2.28. The monoisotopic (exact) mass is 387 g/mol. The summed E-state index contributed by atoms with van der Waals surface area (Å²) in [5.74, 6) is -0.466. The van der Waals surface area contributed by atoms with E-state index in [2.05, 4.69) is 16.0 Å². The summed E-state index contributed by atoms with van der Waals surface area (Å²) in [6.45, 7) is 0.00820. The van der Waals surface area contributed by atoms with Crippen molar-refractivity contribution in [1.29, 1.82) is 0 Å². The first-order valence-corrected chi connectivity index (χ1v) is 9.46. The molecule has 28 heavy (non-hydrogen) atoms. The molecule has 0 spiro atoms. The summed E-state index contributed by atoms with van der Waals surface area (Å²) in [7, 11) is 0. The van der Waals surface area contributed by atoms with E-state index in [4.69, 9.17) is 5.73 Å². The zero-order valence-corrected chi connectivity index (χ0v) is 15.6. The maximum absolute atomic E-state index is 12.1. The minimum Gasteiger partial charge on any atom is -0.329 e. The van der Waals surface area contributed by atoms with Crippen LogP contribution in [0.1, 0.15) is 32.1 Å².